The Balaban J connectivity index is 4.01. The third kappa shape index (κ3) is 4.95. The van der Waals surface area contributed by atoms with Crippen LogP contribution in [0.5, 0.6) is 0 Å². The predicted molar refractivity (Wildman–Crippen MR) is 68.6 cm³/mol. The summed E-state index contributed by atoms with van der Waals surface area (Å²) in [7, 11) is -1.65. The van der Waals surface area contributed by atoms with E-state index in [9.17, 15) is 5.11 Å². The number of aliphatic hydroxyl groups is 1. The van der Waals surface area contributed by atoms with Gasteiger partial charge in [-0.1, -0.05) is 32.9 Å². The van der Waals surface area contributed by atoms with E-state index in [0.717, 1.165) is 5.57 Å². The second-order valence-corrected chi connectivity index (χ2v) is 10.6. The summed E-state index contributed by atoms with van der Waals surface area (Å²) >= 11 is 0. The average molecular weight is 230 g/mol. The zero-order valence-electron chi connectivity index (χ0n) is 11.1. The minimum absolute atomic E-state index is 0.237. The Labute approximate surface area is 95.5 Å². The maximum atomic E-state index is 9.56. The number of hydrogen-bond acceptors (Lipinski definition) is 2. The molecule has 15 heavy (non-hydrogen) atoms. The summed E-state index contributed by atoms with van der Waals surface area (Å²) in [4.78, 5) is 0. The first-order chi connectivity index (χ1) is 6.58. The highest BCUT2D eigenvalue weighted by molar-refractivity contribution is 6.74. The van der Waals surface area contributed by atoms with Crippen molar-refractivity contribution in [1.29, 1.82) is 0 Å². The molecule has 1 atom stereocenters. The van der Waals surface area contributed by atoms with Crippen LogP contribution in [0.1, 0.15) is 34.1 Å². The van der Waals surface area contributed by atoms with E-state index in [1.54, 1.807) is 0 Å². The molecule has 0 spiro atoms. The normalized spacial score (nSPS) is 15.1. The number of aliphatic hydroxyl groups excluding tert-OH is 1. The van der Waals surface area contributed by atoms with Gasteiger partial charge in [0.15, 0.2) is 8.32 Å². The molecule has 1 unspecified atom stereocenters. The van der Waals surface area contributed by atoms with Gasteiger partial charge in [-0.15, -0.1) is 0 Å². The van der Waals surface area contributed by atoms with Gasteiger partial charge in [-0.3, -0.25) is 0 Å². The average Bonchev–Trinajstić information content (AvgIpc) is 2.01. The summed E-state index contributed by atoms with van der Waals surface area (Å²) in [6.45, 7) is 17.3. The summed E-state index contributed by atoms with van der Waals surface area (Å²) in [5, 5.41) is 9.80. The van der Waals surface area contributed by atoms with Crippen LogP contribution in [-0.2, 0) is 4.43 Å². The second kappa shape index (κ2) is 5.28. The van der Waals surface area contributed by atoms with E-state index in [2.05, 4.69) is 40.4 Å². The van der Waals surface area contributed by atoms with Crippen LogP contribution in [0, 0.1) is 0 Å². The third-order valence-corrected chi connectivity index (χ3v) is 7.77. The first-order valence-electron chi connectivity index (χ1n) is 5.55. The van der Waals surface area contributed by atoms with Gasteiger partial charge < -0.3 is 9.53 Å². The van der Waals surface area contributed by atoms with E-state index in [0.29, 0.717) is 13.0 Å². The van der Waals surface area contributed by atoms with E-state index in [1.807, 2.05) is 6.92 Å². The molecule has 0 bridgehead atoms. The van der Waals surface area contributed by atoms with Gasteiger partial charge in [-0.2, -0.15) is 0 Å². The molecule has 0 aromatic heterocycles. The maximum Gasteiger partial charge on any atom is 0.191 e. The Bertz CT molecular complexity index is 216. The van der Waals surface area contributed by atoms with Gasteiger partial charge in [0.1, 0.15) is 0 Å². The number of hydrogen-bond donors (Lipinski definition) is 1. The molecule has 2 nitrogen and oxygen atoms in total. The highest BCUT2D eigenvalue weighted by atomic mass is 28.4. The fourth-order valence-electron chi connectivity index (χ4n) is 0.889. The molecule has 0 radical (unpaired) electrons. The van der Waals surface area contributed by atoms with Gasteiger partial charge in [0.25, 0.3) is 0 Å². The number of rotatable bonds is 5. The van der Waals surface area contributed by atoms with E-state index < -0.39 is 14.4 Å². The molecular formula is C12H26O2Si. The van der Waals surface area contributed by atoms with Gasteiger partial charge >= 0.3 is 0 Å². The third-order valence-electron chi connectivity index (χ3n) is 3.23. The monoisotopic (exact) mass is 230 g/mol. The van der Waals surface area contributed by atoms with Crippen molar-refractivity contribution < 1.29 is 9.53 Å². The SMILES string of the molecule is C=C(C)C(O)CCO[Si](C)(C)C(C)(C)C. The molecule has 0 saturated heterocycles. The van der Waals surface area contributed by atoms with Crippen molar-refractivity contribution in [2.45, 2.75) is 58.4 Å². The Hall–Kier alpha value is -0.123. The van der Waals surface area contributed by atoms with E-state index >= 15 is 0 Å². The van der Waals surface area contributed by atoms with E-state index in [-0.39, 0.29) is 5.04 Å². The molecule has 0 aliphatic carbocycles. The van der Waals surface area contributed by atoms with Crippen LogP contribution in [-0.4, -0.2) is 26.1 Å². The topological polar surface area (TPSA) is 29.5 Å². The lowest BCUT2D eigenvalue weighted by atomic mass is 10.1. The first kappa shape index (κ1) is 14.9. The minimum atomic E-state index is -1.65. The highest BCUT2D eigenvalue weighted by Crippen LogP contribution is 2.36. The maximum absolute atomic E-state index is 9.56. The van der Waals surface area contributed by atoms with Crippen molar-refractivity contribution in [3.05, 3.63) is 12.2 Å². The van der Waals surface area contributed by atoms with Crippen molar-refractivity contribution >= 4 is 8.32 Å². The van der Waals surface area contributed by atoms with Gasteiger partial charge in [-0.05, 0) is 31.5 Å². The molecule has 0 fully saturated rings. The Morgan fingerprint density at radius 1 is 1.40 bits per heavy atom. The molecule has 90 valence electrons. The van der Waals surface area contributed by atoms with Crippen molar-refractivity contribution in [2.24, 2.45) is 0 Å². The quantitative estimate of drug-likeness (QED) is 0.580. The molecule has 0 amide bonds. The minimum Gasteiger partial charge on any atom is -0.417 e. The first-order valence-corrected chi connectivity index (χ1v) is 8.46. The van der Waals surface area contributed by atoms with Gasteiger partial charge in [0, 0.05) is 6.61 Å². The standard InChI is InChI=1S/C12H26O2Si/c1-10(2)11(13)8-9-14-15(6,7)12(3,4)5/h11,13H,1,8-9H2,2-7H3. The van der Waals surface area contributed by atoms with Crippen molar-refractivity contribution in [1.82, 2.24) is 0 Å². The van der Waals surface area contributed by atoms with Crippen LogP contribution < -0.4 is 0 Å². The Morgan fingerprint density at radius 2 is 1.87 bits per heavy atom. The van der Waals surface area contributed by atoms with Gasteiger partial charge in [0.05, 0.1) is 6.10 Å². The second-order valence-electron chi connectivity index (χ2n) is 5.76. The smallest absolute Gasteiger partial charge is 0.191 e. The van der Waals surface area contributed by atoms with Gasteiger partial charge in [-0.25, -0.2) is 0 Å². The van der Waals surface area contributed by atoms with Crippen molar-refractivity contribution in [3.8, 4) is 0 Å². The fraction of sp³-hybridized carbons (Fsp3) is 0.833. The molecule has 1 N–H and O–H groups in total. The van der Waals surface area contributed by atoms with Gasteiger partial charge in [0.2, 0.25) is 0 Å². The van der Waals surface area contributed by atoms with E-state index in [4.69, 9.17) is 4.43 Å². The van der Waals surface area contributed by atoms with Crippen LogP contribution in [0.25, 0.3) is 0 Å². The molecule has 0 rings (SSSR count). The molecule has 0 aromatic carbocycles. The lowest BCUT2D eigenvalue weighted by Crippen LogP contribution is -2.41. The fourth-order valence-corrected chi connectivity index (χ4v) is 1.95. The molecular weight excluding hydrogens is 204 g/mol. The Morgan fingerprint density at radius 3 is 2.20 bits per heavy atom. The highest BCUT2D eigenvalue weighted by Gasteiger charge is 2.36. The molecule has 0 aliphatic rings. The van der Waals surface area contributed by atoms with Crippen molar-refractivity contribution in [3.63, 3.8) is 0 Å². The molecule has 0 aromatic rings. The molecule has 0 heterocycles. The van der Waals surface area contributed by atoms with Crippen LogP contribution in [0.4, 0.5) is 0 Å². The summed E-state index contributed by atoms with van der Waals surface area (Å²) in [6, 6.07) is 0. The molecule has 0 aliphatic heterocycles. The molecule has 3 heteroatoms. The zero-order chi connectivity index (χ0) is 12.3. The predicted octanol–water partition coefficient (Wildman–Crippen LogP) is 3.34. The van der Waals surface area contributed by atoms with Crippen LogP contribution in [0.3, 0.4) is 0 Å². The Kier molecular flexibility index (Phi) is 5.24. The van der Waals surface area contributed by atoms with E-state index in [1.165, 1.54) is 0 Å². The lowest BCUT2D eigenvalue weighted by Gasteiger charge is -2.36. The zero-order valence-corrected chi connectivity index (χ0v) is 12.1. The van der Waals surface area contributed by atoms with Crippen molar-refractivity contribution in [2.75, 3.05) is 6.61 Å². The van der Waals surface area contributed by atoms with Crippen LogP contribution in [0.2, 0.25) is 18.1 Å². The summed E-state index contributed by atoms with van der Waals surface area (Å²) < 4.78 is 5.95. The summed E-state index contributed by atoms with van der Waals surface area (Å²) in [5.41, 5.74) is 0.814. The lowest BCUT2D eigenvalue weighted by molar-refractivity contribution is 0.163. The van der Waals surface area contributed by atoms with Crippen LogP contribution in [0.15, 0.2) is 12.2 Å². The summed E-state index contributed by atoms with van der Waals surface area (Å²) in [5.74, 6) is 0. The summed E-state index contributed by atoms with van der Waals surface area (Å²) in [6.07, 6.45) is 0.233. The van der Waals surface area contributed by atoms with Crippen LogP contribution >= 0.6 is 0 Å². The largest absolute Gasteiger partial charge is 0.417 e. The molecule has 0 saturated carbocycles.